The summed E-state index contributed by atoms with van der Waals surface area (Å²) < 4.78 is 7.88. The van der Waals surface area contributed by atoms with E-state index in [0.29, 0.717) is 24.9 Å². The molecule has 0 spiro atoms. The summed E-state index contributed by atoms with van der Waals surface area (Å²) in [6, 6.07) is 9.97. The number of hydrogen-bond donors (Lipinski definition) is 1. The van der Waals surface area contributed by atoms with E-state index in [1.165, 1.54) is 0 Å². The van der Waals surface area contributed by atoms with Crippen LogP contribution in [0.5, 0.6) is 5.88 Å². The highest BCUT2D eigenvalue weighted by molar-refractivity contribution is 5.78. The van der Waals surface area contributed by atoms with Gasteiger partial charge in [-0.25, -0.2) is 4.98 Å². The third kappa shape index (κ3) is 4.92. The molecule has 0 bridgehead atoms. The number of hydrogen-bond acceptors (Lipinski definition) is 5. The van der Waals surface area contributed by atoms with Crippen molar-refractivity contribution in [1.82, 2.24) is 25.1 Å². The molecule has 174 valence electrons. The Morgan fingerprint density at radius 1 is 1.12 bits per heavy atom. The fraction of sp³-hybridized carbons (Fsp3) is 0.462. The smallest absolute Gasteiger partial charge is 0.223 e. The summed E-state index contributed by atoms with van der Waals surface area (Å²) in [5.41, 5.74) is 6.22. The number of nitrogens with one attached hydrogen (secondary N) is 1. The van der Waals surface area contributed by atoms with Crippen molar-refractivity contribution < 1.29 is 9.53 Å². The normalized spacial score (nSPS) is 15.6. The maximum atomic E-state index is 13.1. The van der Waals surface area contributed by atoms with Gasteiger partial charge in [0.2, 0.25) is 11.8 Å². The summed E-state index contributed by atoms with van der Waals surface area (Å²) in [4.78, 5) is 22.7. The van der Waals surface area contributed by atoms with Gasteiger partial charge in [0.1, 0.15) is 0 Å². The third-order valence-electron chi connectivity index (χ3n) is 6.48. The lowest BCUT2D eigenvalue weighted by Gasteiger charge is -2.14. The fourth-order valence-corrected chi connectivity index (χ4v) is 4.59. The number of carbonyl (C=O) groups excluding carboxylic acids is 1. The first kappa shape index (κ1) is 23.0. The Morgan fingerprint density at radius 3 is 2.58 bits per heavy atom. The summed E-state index contributed by atoms with van der Waals surface area (Å²) in [5, 5.41) is 7.72. The van der Waals surface area contributed by atoms with E-state index in [0.717, 1.165) is 66.0 Å². The monoisotopic (exact) mass is 447 g/mol. The van der Waals surface area contributed by atoms with Crippen molar-refractivity contribution in [2.24, 2.45) is 5.92 Å². The van der Waals surface area contributed by atoms with E-state index in [2.05, 4.69) is 24.3 Å². The largest absolute Gasteiger partial charge is 0.478 e. The molecule has 7 nitrogen and oxygen atoms in total. The van der Waals surface area contributed by atoms with Crippen molar-refractivity contribution >= 4 is 5.91 Å². The molecular weight excluding hydrogens is 414 g/mol. The molecular formula is C26H33N5O2. The number of carbonyl (C=O) groups is 1. The Kier molecular flexibility index (Phi) is 7.06. The molecule has 1 aliphatic rings. The quantitative estimate of drug-likeness (QED) is 0.549. The van der Waals surface area contributed by atoms with Gasteiger partial charge in [-0.3, -0.25) is 9.48 Å². The topological polar surface area (TPSA) is 81.9 Å². The second-order valence-electron chi connectivity index (χ2n) is 8.53. The first-order valence-corrected chi connectivity index (χ1v) is 11.9. The van der Waals surface area contributed by atoms with E-state index in [1.54, 1.807) is 0 Å². The molecule has 2 heterocycles. The number of aryl methyl sites for hydroxylation is 3. The number of nitrogens with zero attached hydrogens (tertiary/aromatic N) is 4. The van der Waals surface area contributed by atoms with Gasteiger partial charge in [-0.05, 0) is 53.4 Å². The zero-order chi connectivity index (χ0) is 23.4. The van der Waals surface area contributed by atoms with Crippen molar-refractivity contribution in [2.75, 3.05) is 6.61 Å². The van der Waals surface area contributed by atoms with Gasteiger partial charge in [0, 0.05) is 41.4 Å². The minimum Gasteiger partial charge on any atom is -0.478 e. The Morgan fingerprint density at radius 2 is 1.88 bits per heavy atom. The van der Waals surface area contributed by atoms with Crippen molar-refractivity contribution in [3.05, 3.63) is 58.5 Å². The lowest BCUT2D eigenvalue weighted by atomic mass is 9.98. The summed E-state index contributed by atoms with van der Waals surface area (Å²) in [6.07, 6.45) is 3.01. The highest BCUT2D eigenvalue weighted by atomic mass is 16.5. The maximum Gasteiger partial charge on any atom is 0.223 e. The molecule has 1 atom stereocenters. The summed E-state index contributed by atoms with van der Waals surface area (Å²) in [7, 11) is 0. The highest BCUT2D eigenvalue weighted by Gasteiger charge is 2.27. The van der Waals surface area contributed by atoms with Gasteiger partial charge in [-0.1, -0.05) is 30.3 Å². The second-order valence-corrected chi connectivity index (χ2v) is 8.53. The molecule has 1 amide bonds. The van der Waals surface area contributed by atoms with Gasteiger partial charge >= 0.3 is 0 Å². The lowest BCUT2D eigenvalue weighted by molar-refractivity contribution is -0.125. The Labute approximate surface area is 195 Å². The van der Waals surface area contributed by atoms with Crippen LogP contribution in [0, 0.1) is 19.8 Å². The summed E-state index contributed by atoms with van der Waals surface area (Å²) in [5.74, 6) is 1.37. The predicted octanol–water partition coefficient (Wildman–Crippen LogP) is 4.19. The minimum absolute atomic E-state index is 0.0596. The van der Waals surface area contributed by atoms with Gasteiger partial charge in [-0.2, -0.15) is 10.1 Å². The molecule has 0 radical (unpaired) electrons. The van der Waals surface area contributed by atoms with Crippen LogP contribution in [0.25, 0.3) is 11.4 Å². The minimum atomic E-state index is -0.0596. The molecule has 1 aromatic carbocycles. The van der Waals surface area contributed by atoms with Crippen LogP contribution in [0.3, 0.4) is 0 Å². The molecule has 7 heteroatoms. The molecule has 3 aromatic rings. The first-order chi connectivity index (χ1) is 16.0. The lowest BCUT2D eigenvalue weighted by Crippen LogP contribution is -2.30. The Balaban J connectivity index is 1.49. The van der Waals surface area contributed by atoms with Crippen LogP contribution in [0.15, 0.2) is 30.3 Å². The van der Waals surface area contributed by atoms with E-state index < -0.39 is 0 Å². The molecule has 0 saturated carbocycles. The average molecular weight is 448 g/mol. The van der Waals surface area contributed by atoms with Crippen LogP contribution in [-0.2, 0) is 30.7 Å². The second kappa shape index (κ2) is 10.1. The van der Waals surface area contributed by atoms with Crippen molar-refractivity contribution in [2.45, 2.75) is 66.5 Å². The standard InChI is InChI=1S/C26H33N5O2/c1-5-31-18(4)22(17(3)30-31)16-27-25(32)20-12-14-21-23(15-13-20)28-24(29-26(21)33-6-2)19-10-8-7-9-11-19/h7-11,20H,5-6,12-16H2,1-4H3,(H,27,32). The number of amides is 1. The van der Waals surface area contributed by atoms with E-state index >= 15 is 0 Å². The molecule has 1 aliphatic carbocycles. The van der Waals surface area contributed by atoms with Crippen LogP contribution in [0.4, 0.5) is 0 Å². The number of aromatic nitrogens is 4. The molecule has 4 rings (SSSR count). The Bertz CT molecular complexity index is 1120. The highest BCUT2D eigenvalue weighted by Crippen LogP contribution is 2.31. The van der Waals surface area contributed by atoms with E-state index in [-0.39, 0.29) is 11.8 Å². The Hall–Kier alpha value is -3.22. The summed E-state index contributed by atoms with van der Waals surface area (Å²) >= 11 is 0. The number of fused-ring (bicyclic) bond motifs is 1. The third-order valence-corrected chi connectivity index (χ3v) is 6.48. The van der Waals surface area contributed by atoms with Gasteiger partial charge in [0.15, 0.2) is 5.82 Å². The van der Waals surface area contributed by atoms with Crippen LogP contribution in [0.2, 0.25) is 0 Å². The maximum absolute atomic E-state index is 13.1. The first-order valence-electron chi connectivity index (χ1n) is 11.9. The van der Waals surface area contributed by atoms with Crippen molar-refractivity contribution in [3.8, 4) is 17.3 Å². The SMILES string of the molecule is CCOc1nc(-c2ccccc2)nc2c1CCC(C(=O)NCc1c(C)nn(CC)c1C)CC2. The van der Waals surface area contributed by atoms with Crippen molar-refractivity contribution in [3.63, 3.8) is 0 Å². The van der Waals surface area contributed by atoms with Gasteiger partial charge < -0.3 is 10.1 Å². The summed E-state index contributed by atoms with van der Waals surface area (Å²) in [6.45, 7) is 10.00. The van der Waals surface area contributed by atoms with Gasteiger partial charge in [-0.15, -0.1) is 0 Å². The van der Waals surface area contributed by atoms with E-state index in [1.807, 2.05) is 48.9 Å². The van der Waals surface area contributed by atoms with E-state index in [4.69, 9.17) is 14.7 Å². The van der Waals surface area contributed by atoms with Crippen molar-refractivity contribution in [1.29, 1.82) is 0 Å². The fourth-order valence-electron chi connectivity index (χ4n) is 4.59. The van der Waals surface area contributed by atoms with Gasteiger partial charge in [0.25, 0.3) is 0 Å². The molecule has 2 aromatic heterocycles. The van der Waals surface area contributed by atoms with Crippen LogP contribution >= 0.6 is 0 Å². The molecule has 1 N–H and O–H groups in total. The molecule has 0 saturated heterocycles. The number of benzene rings is 1. The van der Waals surface area contributed by atoms with Crippen LogP contribution in [-0.4, -0.2) is 32.3 Å². The predicted molar refractivity (Wildman–Crippen MR) is 128 cm³/mol. The molecule has 0 aliphatic heterocycles. The number of ether oxygens (including phenoxy) is 1. The average Bonchev–Trinajstić information content (AvgIpc) is 2.98. The molecule has 1 unspecified atom stereocenters. The van der Waals surface area contributed by atoms with E-state index in [9.17, 15) is 4.79 Å². The van der Waals surface area contributed by atoms with Gasteiger partial charge in [0.05, 0.1) is 18.0 Å². The van der Waals surface area contributed by atoms with Crippen LogP contribution < -0.4 is 10.1 Å². The number of rotatable bonds is 7. The molecule has 0 fully saturated rings. The van der Waals surface area contributed by atoms with Crippen LogP contribution in [0.1, 0.15) is 54.9 Å². The zero-order valence-corrected chi connectivity index (χ0v) is 20.0. The molecule has 33 heavy (non-hydrogen) atoms. The zero-order valence-electron chi connectivity index (χ0n) is 20.0.